The molecule has 3 aliphatic carbocycles. The first kappa shape index (κ1) is 17.7. The van der Waals surface area contributed by atoms with Gasteiger partial charge < -0.3 is 9.80 Å². The second kappa shape index (κ2) is 5.70. The first-order chi connectivity index (χ1) is 10.3. The predicted molar refractivity (Wildman–Crippen MR) is 101 cm³/mol. The highest BCUT2D eigenvalue weighted by molar-refractivity contribution is 9.24. The molecule has 3 saturated carbocycles. The standard InChI is InChI=1S/C16H25Br3N2O/c1-4-20-7-9-21(10-8-20)13(22)16-6-5-15(11(16)17,12(18)19)14(16,2)3/h11-12H,4-10H2,1-3H3. The lowest BCUT2D eigenvalue weighted by Crippen LogP contribution is -2.73. The molecule has 1 aliphatic heterocycles. The lowest BCUT2D eigenvalue weighted by atomic mass is 9.43. The zero-order valence-corrected chi connectivity index (χ0v) is 18.3. The highest BCUT2D eigenvalue weighted by Gasteiger charge is 2.83. The Morgan fingerprint density at radius 1 is 1.18 bits per heavy atom. The molecular weight excluding hydrogens is 476 g/mol. The van der Waals surface area contributed by atoms with Gasteiger partial charge in [0, 0.05) is 36.4 Å². The van der Waals surface area contributed by atoms with Crippen molar-refractivity contribution in [3.05, 3.63) is 0 Å². The molecule has 0 N–H and O–H groups in total. The third-order valence-corrected chi connectivity index (χ3v) is 10.2. The maximum absolute atomic E-state index is 13.4. The molecule has 3 nitrogen and oxygen atoms in total. The van der Waals surface area contributed by atoms with E-state index >= 15 is 0 Å². The van der Waals surface area contributed by atoms with E-state index < -0.39 is 0 Å². The highest BCUT2D eigenvalue weighted by atomic mass is 79.9. The highest BCUT2D eigenvalue weighted by Crippen LogP contribution is 2.82. The zero-order chi connectivity index (χ0) is 16.3. The summed E-state index contributed by atoms with van der Waals surface area (Å²) in [6.07, 6.45) is 2.09. The van der Waals surface area contributed by atoms with Crippen LogP contribution in [0.3, 0.4) is 0 Å². The average molecular weight is 501 g/mol. The number of nitrogens with zero attached hydrogens (tertiary/aromatic N) is 2. The first-order valence-electron chi connectivity index (χ1n) is 8.19. The van der Waals surface area contributed by atoms with Crippen molar-refractivity contribution in [3.8, 4) is 0 Å². The number of piperazine rings is 1. The monoisotopic (exact) mass is 498 g/mol. The van der Waals surface area contributed by atoms with Crippen molar-refractivity contribution >= 4 is 53.7 Å². The minimum atomic E-state index is -0.235. The Morgan fingerprint density at radius 3 is 2.18 bits per heavy atom. The Kier molecular flexibility index (Phi) is 4.58. The Balaban J connectivity index is 1.82. The topological polar surface area (TPSA) is 23.6 Å². The Bertz CT molecular complexity index is 476. The molecule has 0 aromatic heterocycles. The van der Waals surface area contributed by atoms with Gasteiger partial charge in [0.15, 0.2) is 0 Å². The summed E-state index contributed by atoms with van der Waals surface area (Å²) >= 11 is 11.4. The van der Waals surface area contributed by atoms with Crippen molar-refractivity contribution in [3.63, 3.8) is 0 Å². The molecule has 3 unspecified atom stereocenters. The number of alkyl halides is 3. The van der Waals surface area contributed by atoms with Crippen LogP contribution >= 0.6 is 47.8 Å². The molecule has 1 amide bonds. The van der Waals surface area contributed by atoms with E-state index in [1.54, 1.807) is 0 Å². The van der Waals surface area contributed by atoms with Crippen LogP contribution < -0.4 is 0 Å². The molecule has 2 bridgehead atoms. The normalized spacial score (nSPS) is 40.9. The minimum Gasteiger partial charge on any atom is -0.340 e. The number of hydrogen-bond acceptors (Lipinski definition) is 2. The summed E-state index contributed by atoms with van der Waals surface area (Å²) in [6, 6.07) is 0. The van der Waals surface area contributed by atoms with Crippen molar-refractivity contribution in [2.24, 2.45) is 16.2 Å². The molecule has 0 radical (unpaired) electrons. The summed E-state index contributed by atoms with van der Waals surface area (Å²) in [5, 5.41) is 0. The molecular formula is C16H25Br3N2O. The number of rotatable bonds is 3. The quantitative estimate of drug-likeness (QED) is 0.550. The van der Waals surface area contributed by atoms with Gasteiger partial charge in [-0.1, -0.05) is 68.6 Å². The average Bonchev–Trinajstić information content (AvgIpc) is 2.96. The first-order valence-corrected chi connectivity index (χ1v) is 10.9. The van der Waals surface area contributed by atoms with Gasteiger partial charge in [0.1, 0.15) is 0 Å². The molecule has 6 heteroatoms. The van der Waals surface area contributed by atoms with Gasteiger partial charge in [-0.3, -0.25) is 4.79 Å². The van der Waals surface area contributed by atoms with Gasteiger partial charge in [-0.2, -0.15) is 0 Å². The van der Waals surface area contributed by atoms with Crippen molar-refractivity contribution in [1.82, 2.24) is 9.80 Å². The summed E-state index contributed by atoms with van der Waals surface area (Å²) in [4.78, 5) is 18.2. The van der Waals surface area contributed by atoms with Gasteiger partial charge in [-0.05, 0) is 24.8 Å². The number of amides is 1. The molecule has 126 valence electrons. The van der Waals surface area contributed by atoms with Crippen molar-refractivity contribution in [2.45, 2.75) is 42.2 Å². The number of fused-ring (bicyclic) bond motifs is 1. The van der Waals surface area contributed by atoms with Crippen LogP contribution in [0.2, 0.25) is 0 Å². The lowest BCUT2D eigenvalue weighted by Gasteiger charge is -2.67. The third kappa shape index (κ3) is 1.90. The second-order valence-corrected chi connectivity index (χ2v) is 11.5. The Hall–Kier alpha value is 0.870. The fourth-order valence-electron chi connectivity index (χ4n) is 5.22. The summed E-state index contributed by atoms with van der Waals surface area (Å²) in [6.45, 7) is 11.6. The maximum Gasteiger partial charge on any atom is 0.230 e. The number of carbonyl (C=O) groups excluding carboxylic acids is 1. The molecule has 22 heavy (non-hydrogen) atoms. The molecule has 0 aromatic rings. The Morgan fingerprint density at radius 2 is 1.77 bits per heavy atom. The van der Waals surface area contributed by atoms with Crippen LogP contribution in [0, 0.1) is 16.2 Å². The summed E-state index contributed by atoms with van der Waals surface area (Å²) in [5.74, 6) is 0.379. The third-order valence-electron chi connectivity index (χ3n) is 6.97. The number of carbonyl (C=O) groups is 1. The summed E-state index contributed by atoms with van der Waals surface area (Å²) in [5.41, 5.74) is -0.111. The second-order valence-electron chi connectivity index (χ2n) is 7.53. The molecule has 0 spiro atoms. The van der Waals surface area contributed by atoms with Crippen molar-refractivity contribution in [1.29, 1.82) is 0 Å². The van der Waals surface area contributed by atoms with E-state index in [4.69, 9.17) is 0 Å². The van der Waals surface area contributed by atoms with Crippen LogP contribution in [0.4, 0.5) is 0 Å². The smallest absolute Gasteiger partial charge is 0.230 e. The fourth-order valence-corrected chi connectivity index (χ4v) is 10.1. The van der Waals surface area contributed by atoms with Gasteiger partial charge in [0.25, 0.3) is 0 Å². The maximum atomic E-state index is 13.4. The van der Waals surface area contributed by atoms with Crippen LogP contribution in [-0.4, -0.2) is 57.0 Å². The van der Waals surface area contributed by atoms with Crippen LogP contribution in [0.5, 0.6) is 0 Å². The molecule has 4 rings (SSSR count). The van der Waals surface area contributed by atoms with Gasteiger partial charge >= 0.3 is 0 Å². The fraction of sp³-hybridized carbons (Fsp3) is 0.938. The molecule has 4 aliphatic rings. The number of halogens is 3. The molecule has 0 aromatic carbocycles. The minimum absolute atomic E-state index is 0.00477. The van der Waals surface area contributed by atoms with Crippen LogP contribution in [-0.2, 0) is 4.79 Å². The van der Waals surface area contributed by atoms with E-state index in [1.165, 1.54) is 0 Å². The van der Waals surface area contributed by atoms with Crippen LogP contribution in [0.25, 0.3) is 0 Å². The van der Waals surface area contributed by atoms with Gasteiger partial charge in [-0.15, -0.1) is 0 Å². The van der Waals surface area contributed by atoms with E-state index in [2.05, 4.69) is 78.4 Å². The van der Waals surface area contributed by atoms with Gasteiger partial charge in [0.2, 0.25) is 5.91 Å². The zero-order valence-electron chi connectivity index (χ0n) is 13.5. The van der Waals surface area contributed by atoms with E-state index in [9.17, 15) is 4.79 Å². The van der Waals surface area contributed by atoms with Crippen molar-refractivity contribution in [2.75, 3.05) is 32.7 Å². The van der Waals surface area contributed by atoms with E-state index in [-0.39, 0.29) is 24.8 Å². The van der Waals surface area contributed by atoms with E-state index in [1.807, 2.05) is 0 Å². The van der Waals surface area contributed by atoms with Crippen molar-refractivity contribution < 1.29 is 4.79 Å². The predicted octanol–water partition coefficient (Wildman–Crippen LogP) is 3.84. The summed E-state index contributed by atoms with van der Waals surface area (Å²) < 4.78 is 0.243. The summed E-state index contributed by atoms with van der Waals surface area (Å²) in [7, 11) is 0. The van der Waals surface area contributed by atoms with E-state index in [0.717, 1.165) is 45.6 Å². The molecule has 4 fully saturated rings. The van der Waals surface area contributed by atoms with Crippen LogP contribution in [0.15, 0.2) is 0 Å². The molecule has 1 saturated heterocycles. The van der Waals surface area contributed by atoms with Crippen LogP contribution in [0.1, 0.15) is 33.6 Å². The lowest BCUT2D eigenvalue weighted by molar-refractivity contribution is -0.174. The van der Waals surface area contributed by atoms with Gasteiger partial charge in [0.05, 0.1) is 9.15 Å². The van der Waals surface area contributed by atoms with E-state index in [0.29, 0.717) is 5.91 Å². The Labute approximate surface area is 158 Å². The van der Waals surface area contributed by atoms with Gasteiger partial charge in [-0.25, -0.2) is 0 Å². The molecule has 1 heterocycles. The molecule has 3 atom stereocenters. The SMILES string of the molecule is CCN1CCN(C(=O)C23CCC(C(Br)Br)(C2Br)C3(C)C)CC1. The number of likely N-dealkylation sites (N-methyl/N-ethyl adjacent to an activating group) is 1. The number of hydrogen-bond donors (Lipinski definition) is 0. The largest absolute Gasteiger partial charge is 0.340 e.